The molecule has 1 fully saturated rings. The molecule has 0 aliphatic carbocycles. The molecule has 0 unspecified atom stereocenters. The molecule has 0 spiro atoms. The molecular weight excluding hydrogens is 306 g/mol. The molecule has 1 aliphatic heterocycles. The van der Waals surface area contributed by atoms with Crippen LogP contribution in [0.5, 0.6) is 0 Å². The van der Waals surface area contributed by atoms with Crippen LogP contribution in [0.4, 0.5) is 11.9 Å². The van der Waals surface area contributed by atoms with Crippen LogP contribution in [0.15, 0.2) is 31.1 Å². The summed E-state index contributed by atoms with van der Waals surface area (Å²) < 4.78 is 7.55. The fourth-order valence-corrected chi connectivity index (χ4v) is 2.74. The summed E-state index contributed by atoms with van der Waals surface area (Å²) in [4.78, 5) is 13.1. The Morgan fingerprint density at radius 2 is 1.83 bits per heavy atom. The molecule has 1 saturated heterocycles. The number of hydrogen-bond donors (Lipinski definition) is 0. The van der Waals surface area contributed by atoms with Crippen LogP contribution in [0.3, 0.4) is 0 Å². The lowest BCUT2D eigenvalue weighted by atomic mass is 10.3. The van der Waals surface area contributed by atoms with Gasteiger partial charge in [0.25, 0.3) is 0 Å². The van der Waals surface area contributed by atoms with Gasteiger partial charge in [-0.25, -0.2) is 9.97 Å². The average Bonchev–Trinajstić information content (AvgIpc) is 3.04. The van der Waals surface area contributed by atoms with Crippen LogP contribution in [0.2, 0.25) is 0 Å². The second-order valence-corrected chi connectivity index (χ2v) is 5.48. The third-order valence-corrected chi connectivity index (χ3v) is 3.95. The lowest BCUT2D eigenvalue weighted by Crippen LogP contribution is -2.48. The molecule has 0 radical (unpaired) electrons. The lowest BCUT2D eigenvalue weighted by Gasteiger charge is -2.35. The Morgan fingerprint density at radius 1 is 1.12 bits per heavy atom. The zero-order chi connectivity index (χ0) is 16.8. The Bertz CT molecular complexity index is 650. The van der Waals surface area contributed by atoms with Gasteiger partial charge in [-0.1, -0.05) is 6.08 Å². The van der Waals surface area contributed by atoms with Gasteiger partial charge >= 0.3 is 0 Å². The van der Waals surface area contributed by atoms with Gasteiger partial charge in [-0.15, -0.1) is 16.8 Å². The molecule has 2 aromatic rings. The van der Waals surface area contributed by atoms with Crippen LogP contribution in [-0.2, 0) is 17.9 Å². The zero-order valence-corrected chi connectivity index (χ0v) is 14.0. The highest BCUT2D eigenvalue weighted by molar-refractivity contribution is 5.38. The summed E-state index contributed by atoms with van der Waals surface area (Å²) in [5.74, 6) is 2.49. The van der Waals surface area contributed by atoms with E-state index in [0.29, 0.717) is 19.8 Å². The summed E-state index contributed by atoms with van der Waals surface area (Å²) in [5, 5.41) is 8.66. The predicted molar refractivity (Wildman–Crippen MR) is 92.0 cm³/mol. The van der Waals surface area contributed by atoms with Crippen molar-refractivity contribution in [2.45, 2.75) is 20.1 Å². The number of ether oxygens (including phenoxy) is 1. The highest BCUT2D eigenvalue weighted by Gasteiger charge is 2.23. The van der Waals surface area contributed by atoms with Crippen LogP contribution in [0.25, 0.3) is 0 Å². The number of piperazine rings is 1. The Balaban J connectivity index is 1.69. The van der Waals surface area contributed by atoms with Crippen molar-refractivity contribution in [1.29, 1.82) is 0 Å². The lowest BCUT2D eigenvalue weighted by molar-refractivity contribution is 0.126. The third-order valence-electron chi connectivity index (χ3n) is 3.95. The molecule has 8 nitrogen and oxygen atoms in total. The summed E-state index contributed by atoms with van der Waals surface area (Å²) >= 11 is 0. The van der Waals surface area contributed by atoms with E-state index >= 15 is 0 Å². The van der Waals surface area contributed by atoms with Crippen molar-refractivity contribution in [1.82, 2.24) is 24.7 Å². The molecule has 0 N–H and O–H groups in total. The van der Waals surface area contributed by atoms with Gasteiger partial charge in [0.05, 0.1) is 0 Å². The molecule has 8 heteroatoms. The minimum atomic E-state index is 0.467. The molecular formula is C16H23N7O. The first-order valence-corrected chi connectivity index (χ1v) is 8.21. The minimum absolute atomic E-state index is 0.467. The Morgan fingerprint density at radius 3 is 2.50 bits per heavy atom. The molecule has 0 atom stereocenters. The number of allylic oxidation sites excluding steroid dienone is 1. The highest BCUT2D eigenvalue weighted by Crippen LogP contribution is 2.18. The van der Waals surface area contributed by atoms with Crippen LogP contribution in [0.1, 0.15) is 12.7 Å². The van der Waals surface area contributed by atoms with E-state index in [-0.39, 0.29) is 0 Å². The van der Waals surface area contributed by atoms with Gasteiger partial charge in [0, 0.05) is 51.7 Å². The molecule has 1 aliphatic rings. The molecule has 0 amide bonds. The second kappa shape index (κ2) is 7.87. The molecule has 128 valence electrons. The number of aromatic nitrogens is 5. The van der Waals surface area contributed by atoms with E-state index in [1.165, 1.54) is 0 Å². The largest absolute Gasteiger partial charge is 0.374 e. The van der Waals surface area contributed by atoms with Crippen LogP contribution in [0, 0.1) is 0 Å². The fourth-order valence-electron chi connectivity index (χ4n) is 2.74. The molecule has 3 heterocycles. The number of rotatable bonds is 7. The van der Waals surface area contributed by atoms with Gasteiger partial charge in [0.15, 0.2) is 5.82 Å². The molecule has 2 aromatic heterocycles. The first-order chi connectivity index (χ1) is 11.8. The topological polar surface area (TPSA) is 72.2 Å². The summed E-state index contributed by atoms with van der Waals surface area (Å²) in [5.41, 5.74) is 0. The van der Waals surface area contributed by atoms with Crippen LogP contribution < -0.4 is 9.80 Å². The maximum atomic E-state index is 5.48. The molecule has 3 rings (SSSR count). The minimum Gasteiger partial charge on any atom is -0.374 e. The first kappa shape index (κ1) is 16.4. The van der Waals surface area contributed by atoms with E-state index in [0.717, 1.165) is 43.9 Å². The molecule has 0 bridgehead atoms. The van der Waals surface area contributed by atoms with Gasteiger partial charge in [-0.05, 0) is 13.0 Å². The number of anilines is 2. The van der Waals surface area contributed by atoms with Crippen molar-refractivity contribution in [3.8, 4) is 0 Å². The fraction of sp³-hybridized carbons (Fsp3) is 0.500. The molecule has 0 aromatic carbocycles. The Hall–Kier alpha value is -2.48. The maximum Gasteiger partial charge on any atom is 0.227 e. The van der Waals surface area contributed by atoms with Gasteiger partial charge in [0.2, 0.25) is 11.9 Å². The van der Waals surface area contributed by atoms with E-state index < -0.39 is 0 Å². The van der Waals surface area contributed by atoms with E-state index in [4.69, 9.17) is 4.74 Å². The summed E-state index contributed by atoms with van der Waals surface area (Å²) in [7, 11) is 0. The van der Waals surface area contributed by atoms with Gasteiger partial charge in [-0.3, -0.25) is 4.57 Å². The van der Waals surface area contributed by atoms with E-state index in [1.54, 1.807) is 12.4 Å². The first-order valence-electron chi connectivity index (χ1n) is 8.21. The van der Waals surface area contributed by atoms with Gasteiger partial charge < -0.3 is 14.5 Å². The Labute approximate surface area is 141 Å². The van der Waals surface area contributed by atoms with Crippen molar-refractivity contribution in [2.75, 3.05) is 42.6 Å². The van der Waals surface area contributed by atoms with Gasteiger partial charge in [0.1, 0.15) is 6.61 Å². The number of hydrogen-bond acceptors (Lipinski definition) is 7. The van der Waals surface area contributed by atoms with E-state index in [1.807, 2.05) is 19.1 Å². The summed E-state index contributed by atoms with van der Waals surface area (Å²) in [6.45, 7) is 11.0. The van der Waals surface area contributed by atoms with Crippen molar-refractivity contribution >= 4 is 11.9 Å². The zero-order valence-electron chi connectivity index (χ0n) is 14.0. The van der Waals surface area contributed by atoms with Crippen molar-refractivity contribution < 1.29 is 4.74 Å². The SMILES string of the molecule is C=CCn1c(COCC)nnc1N1CCN(c2ncccn2)CC1. The summed E-state index contributed by atoms with van der Waals surface area (Å²) in [6, 6.07) is 1.83. The third kappa shape index (κ3) is 3.53. The number of nitrogens with zero attached hydrogens (tertiary/aromatic N) is 7. The maximum absolute atomic E-state index is 5.48. The summed E-state index contributed by atoms with van der Waals surface area (Å²) in [6.07, 6.45) is 5.40. The normalized spacial score (nSPS) is 14.9. The molecule has 24 heavy (non-hydrogen) atoms. The van der Waals surface area contributed by atoms with Gasteiger partial charge in [-0.2, -0.15) is 0 Å². The monoisotopic (exact) mass is 329 g/mol. The average molecular weight is 329 g/mol. The van der Waals surface area contributed by atoms with Crippen molar-refractivity contribution in [3.63, 3.8) is 0 Å². The van der Waals surface area contributed by atoms with Crippen LogP contribution in [-0.4, -0.2) is 57.5 Å². The Kier molecular flexibility index (Phi) is 5.37. The van der Waals surface area contributed by atoms with E-state index in [9.17, 15) is 0 Å². The van der Waals surface area contributed by atoms with Crippen molar-refractivity contribution in [3.05, 3.63) is 36.9 Å². The quantitative estimate of drug-likeness (QED) is 0.705. The van der Waals surface area contributed by atoms with Crippen molar-refractivity contribution in [2.24, 2.45) is 0 Å². The predicted octanol–water partition coefficient (Wildman–Crippen LogP) is 1.12. The molecule has 0 saturated carbocycles. The standard InChI is InChI=1S/C16H23N7O/c1-3-8-23-14(13-24-4-2)19-20-16(23)22-11-9-21(10-12-22)15-17-6-5-7-18-15/h3,5-7H,1,4,8-13H2,2H3. The van der Waals surface area contributed by atoms with Crippen LogP contribution >= 0.6 is 0 Å². The smallest absolute Gasteiger partial charge is 0.227 e. The second-order valence-electron chi connectivity index (χ2n) is 5.48. The highest BCUT2D eigenvalue weighted by atomic mass is 16.5. The van der Waals surface area contributed by atoms with E-state index in [2.05, 4.69) is 41.1 Å².